The van der Waals surface area contributed by atoms with Gasteiger partial charge in [0.05, 0.1) is 12.8 Å². The standard InChI is InChI=1S/C18H26N2O4/c21-15(16-6-3-11-24-16)12-19-17(22)13-7-9-20(10-8-13)18(23)14-4-1-2-5-14/h3,6,11,13-15,21H,1-2,4-5,7-10,12H2,(H,19,22)/t15-/m1/s1. The molecule has 1 atom stereocenters. The lowest BCUT2D eigenvalue weighted by molar-refractivity contribution is -0.139. The van der Waals surface area contributed by atoms with Gasteiger partial charge >= 0.3 is 0 Å². The monoisotopic (exact) mass is 334 g/mol. The van der Waals surface area contributed by atoms with Crippen LogP contribution in [0.5, 0.6) is 0 Å². The van der Waals surface area contributed by atoms with E-state index in [0.29, 0.717) is 31.7 Å². The third-order valence-corrected chi connectivity index (χ3v) is 5.22. The van der Waals surface area contributed by atoms with E-state index in [-0.39, 0.29) is 30.2 Å². The quantitative estimate of drug-likeness (QED) is 0.861. The molecule has 1 aromatic rings. The SMILES string of the molecule is O=C(NC[C@@H](O)c1ccco1)C1CCN(C(=O)C2CCCC2)CC1. The molecule has 1 saturated heterocycles. The molecule has 24 heavy (non-hydrogen) atoms. The first-order valence-electron chi connectivity index (χ1n) is 8.93. The van der Waals surface area contributed by atoms with E-state index in [2.05, 4.69) is 5.32 Å². The number of hydrogen-bond acceptors (Lipinski definition) is 4. The van der Waals surface area contributed by atoms with Crippen LogP contribution in [0.3, 0.4) is 0 Å². The van der Waals surface area contributed by atoms with Crippen LogP contribution >= 0.6 is 0 Å². The van der Waals surface area contributed by atoms with Gasteiger partial charge in [-0.05, 0) is 37.8 Å². The molecule has 2 heterocycles. The minimum Gasteiger partial charge on any atom is -0.467 e. The molecular formula is C18H26N2O4. The van der Waals surface area contributed by atoms with Gasteiger partial charge in [-0.15, -0.1) is 0 Å². The number of hydrogen-bond donors (Lipinski definition) is 2. The van der Waals surface area contributed by atoms with Gasteiger partial charge in [-0.3, -0.25) is 9.59 Å². The molecule has 3 rings (SSSR count). The Kier molecular flexibility index (Phi) is 5.56. The van der Waals surface area contributed by atoms with E-state index in [1.165, 1.54) is 6.26 Å². The molecule has 2 aliphatic rings. The zero-order valence-corrected chi connectivity index (χ0v) is 13.9. The topological polar surface area (TPSA) is 82.8 Å². The Labute approximate surface area is 142 Å². The summed E-state index contributed by atoms with van der Waals surface area (Å²) in [6.07, 6.45) is 6.42. The summed E-state index contributed by atoms with van der Waals surface area (Å²) in [5.74, 6) is 0.806. The molecule has 2 fully saturated rings. The van der Waals surface area contributed by atoms with Crippen LogP contribution in [0.1, 0.15) is 50.4 Å². The van der Waals surface area contributed by atoms with Gasteiger partial charge < -0.3 is 19.7 Å². The molecule has 0 aromatic carbocycles. The van der Waals surface area contributed by atoms with Crippen molar-refractivity contribution in [2.75, 3.05) is 19.6 Å². The maximum Gasteiger partial charge on any atom is 0.225 e. The van der Waals surface area contributed by atoms with Crippen molar-refractivity contribution in [3.63, 3.8) is 0 Å². The molecule has 1 aliphatic heterocycles. The van der Waals surface area contributed by atoms with E-state index < -0.39 is 6.10 Å². The van der Waals surface area contributed by atoms with E-state index in [9.17, 15) is 14.7 Å². The van der Waals surface area contributed by atoms with Gasteiger partial charge in [0.2, 0.25) is 11.8 Å². The number of rotatable bonds is 5. The van der Waals surface area contributed by atoms with Crippen LogP contribution < -0.4 is 5.32 Å². The molecule has 132 valence electrons. The van der Waals surface area contributed by atoms with E-state index in [1.807, 2.05) is 4.90 Å². The second-order valence-corrected chi connectivity index (χ2v) is 6.86. The maximum atomic E-state index is 12.4. The van der Waals surface area contributed by atoms with E-state index in [1.54, 1.807) is 12.1 Å². The molecule has 2 N–H and O–H groups in total. The van der Waals surface area contributed by atoms with E-state index >= 15 is 0 Å². The molecule has 0 unspecified atom stereocenters. The van der Waals surface area contributed by atoms with Crippen LogP contribution in [0.25, 0.3) is 0 Å². The highest BCUT2D eigenvalue weighted by molar-refractivity contribution is 5.81. The fraction of sp³-hybridized carbons (Fsp3) is 0.667. The number of nitrogens with one attached hydrogen (secondary N) is 1. The van der Waals surface area contributed by atoms with Crippen molar-refractivity contribution in [1.29, 1.82) is 0 Å². The average Bonchev–Trinajstić information content (AvgIpc) is 3.32. The molecule has 1 saturated carbocycles. The normalized spacial score (nSPS) is 21.0. The first-order valence-corrected chi connectivity index (χ1v) is 8.93. The van der Waals surface area contributed by atoms with Crippen LogP contribution in [-0.4, -0.2) is 41.5 Å². The Morgan fingerprint density at radius 3 is 2.54 bits per heavy atom. The molecule has 6 heteroatoms. The summed E-state index contributed by atoms with van der Waals surface area (Å²) in [5.41, 5.74) is 0. The minimum atomic E-state index is -0.826. The van der Waals surface area contributed by atoms with Crippen molar-refractivity contribution in [1.82, 2.24) is 10.2 Å². The van der Waals surface area contributed by atoms with Crippen LogP contribution in [0.15, 0.2) is 22.8 Å². The van der Waals surface area contributed by atoms with Crippen molar-refractivity contribution in [2.45, 2.75) is 44.6 Å². The summed E-state index contributed by atoms with van der Waals surface area (Å²) in [6, 6.07) is 3.39. The van der Waals surface area contributed by atoms with Gasteiger partial charge in [0, 0.05) is 24.9 Å². The second-order valence-electron chi connectivity index (χ2n) is 6.86. The summed E-state index contributed by atoms with van der Waals surface area (Å²) in [4.78, 5) is 26.6. The molecule has 0 bridgehead atoms. The van der Waals surface area contributed by atoms with Crippen molar-refractivity contribution in [2.24, 2.45) is 11.8 Å². The lowest BCUT2D eigenvalue weighted by Gasteiger charge is -2.33. The third kappa shape index (κ3) is 3.98. The van der Waals surface area contributed by atoms with E-state index in [4.69, 9.17) is 4.42 Å². The van der Waals surface area contributed by atoms with Gasteiger partial charge in [-0.1, -0.05) is 12.8 Å². The molecule has 2 amide bonds. The Morgan fingerprint density at radius 2 is 1.92 bits per heavy atom. The van der Waals surface area contributed by atoms with E-state index in [0.717, 1.165) is 25.7 Å². The Hall–Kier alpha value is -1.82. The number of aliphatic hydroxyl groups excluding tert-OH is 1. The van der Waals surface area contributed by atoms with Crippen molar-refractivity contribution in [3.05, 3.63) is 24.2 Å². The third-order valence-electron chi connectivity index (χ3n) is 5.22. The number of aliphatic hydroxyl groups is 1. The highest BCUT2D eigenvalue weighted by atomic mass is 16.4. The van der Waals surface area contributed by atoms with Crippen molar-refractivity contribution < 1.29 is 19.1 Å². The van der Waals surface area contributed by atoms with Gasteiger partial charge in [0.1, 0.15) is 11.9 Å². The van der Waals surface area contributed by atoms with Gasteiger partial charge in [0.15, 0.2) is 0 Å². The fourth-order valence-electron chi connectivity index (χ4n) is 3.72. The molecular weight excluding hydrogens is 308 g/mol. The number of furan rings is 1. The van der Waals surface area contributed by atoms with Gasteiger partial charge in [-0.2, -0.15) is 0 Å². The summed E-state index contributed by atoms with van der Waals surface area (Å²) < 4.78 is 5.12. The molecule has 6 nitrogen and oxygen atoms in total. The smallest absolute Gasteiger partial charge is 0.225 e. The van der Waals surface area contributed by atoms with Crippen LogP contribution in [0.2, 0.25) is 0 Å². The Morgan fingerprint density at radius 1 is 1.21 bits per heavy atom. The molecule has 1 aliphatic carbocycles. The largest absolute Gasteiger partial charge is 0.467 e. The van der Waals surface area contributed by atoms with Gasteiger partial charge in [0.25, 0.3) is 0 Å². The zero-order valence-electron chi connectivity index (χ0n) is 13.9. The lowest BCUT2D eigenvalue weighted by atomic mass is 9.94. The van der Waals surface area contributed by atoms with Crippen molar-refractivity contribution >= 4 is 11.8 Å². The van der Waals surface area contributed by atoms with Crippen LogP contribution in [0, 0.1) is 11.8 Å². The highest BCUT2D eigenvalue weighted by Gasteiger charge is 2.32. The summed E-state index contributed by atoms with van der Waals surface area (Å²) in [6.45, 7) is 1.47. The first-order chi connectivity index (χ1) is 11.6. The van der Waals surface area contributed by atoms with Crippen LogP contribution in [-0.2, 0) is 9.59 Å². The summed E-state index contributed by atoms with van der Waals surface area (Å²) in [5, 5.41) is 12.7. The number of carbonyl (C=O) groups is 2. The highest BCUT2D eigenvalue weighted by Crippen LogP contribution is 2.28. The number of piperidine rings is 1. The number of nitrogens with zero attached hydrogens (tertiary/aromatic N) is 1. The molecule has 0 spiro atoms. The second kappa shape index (κ2) is 7.83. The lowest BCUT2D eigenvalue weighted by Crippen LogP contribution is -2.45. The zero-order chi connectivity index (χ0) is 16.9. The Bertz CT molecular complexity index is 543. The summed E-state index contributed by atoms with van der Waals surface area (Å²) >= 11 is 0. The average molecular weight is 334 g/mol. The first kappa shape index (κ1) is 17.0. The Balaban J connectivity index is 1.41. The molecule has 1 aromatic heterocycles. The number of carbonyl (C=O) groups excluding carboxylic acids is 2. The molecule has 0 radical (unpaired) electrons. The maximum absolute atomic E-state index is 12.4. The predicted octanol–water partition coefficient (Wildman–Crippen LogP) is 1.86. The van der Waals surface area contributed by atoms with Crippen molar-refractivity contribution in [3.8, 4) is 0 Å². The van der Waals surface area contributed by atoms with Gasteiger partial charge in [-0.25, -0.2) is 0 Å². The minimum absolute atomic E-state index is 0.0476. The number of amides is 2. The predicted molar refractivity (Wildman–Crippen MR) is 87.9 cm³/mol. The summed E-state index contributed by atoms with van der Waals surface area (Å²) in [7, 11) is 0. The number of likely N-dealkylation sites (tertiary alicyclic amines) is 1. The van der Waals surface area contributed by atoms with Crippen LogP contribution in [0.4, 0.5) is 0 Å². The fourth-order valence-corrected chi connectivity index (χ4v) is 3.72.